The van der Waals surface area contributed by atoms with E-state index in [1.807, 2.05) is 25.1 Å². The first-order chi connectivity index (χ1) is 12.0. The van der Waals surface area contributed by atoms with Gasteiger partial charge in [0.25, 0.3) is 0 Å². The number of hydrogen-bond donors (Lipinski definition) is 1. The van der Waals surface area contributed by atoms with Gasteiger partial charge in [-0.05, 0) is 31.4 Å². The van der Waals surface area contributed by atoms with Gasteiger partial charge in [-0.2, -0.15) is 4.31 Å². The lowest BCUT2D eigenvalue weighted by atomic mass is 9.67. The monoisotopic (exact) mass is 365 g/mol. The average molecular weight is 365 g/mol. The summed E-state index contributed by atoms with van der Waals surface area (Å²) >= 11 is 0. The van der Waals surface area contributed by atoms with Crippen LogP contribution in [0.15, 0.2) is 24.4 Å². The Morgan fingerprint density at radius 3 is 2.92 bits per heavy atom. The van der Waals surface area contributed by atoms with Gasteiger partial charge < -0.3 is 5.32 Å². The molecule has 0 radical (unpaired) electrons. The summed E-state index contributed by atoms with van der Waals surface area (Å²) in [4.78, 5) is 17.3. The molecule has 1 saturated carbocycles. The third kappa shape index (κ3) is 3.58. The van der Waals surface area contributed by atoms with Crippen molar-refractivity contribution in [1.29, 1.82) is 0 Å². The Kier molecular flexibility index (Phi) is 5.43. The number of nitrogens with one attached hydrogen (secondary N) is 1. The van der Waals surface area contributed by atoms with Crippen molar-refractivity contribution in [3.05, 3.63) is 30.1 Å². The minimum absolute atomic E-state index is 0.0153. The third-order valence-electron chi connectivity index (χ3n) is 5.66. The van der Waals surface area contributed by atoms with E-state index in [4.69, 9.17) is 0 Å². The van der Waals surface area contributed by atoms with E-state index in [0.717, 1.165) is 31.4 Å². The molecular weight excluding hydrogens is 338 g/mol. The molecule has 1 aromatic heterocycles. The second-order valence-corrected chi connectivity index (χ2v) is 9.06. The van der Waals surface area contributed by atoms with Crippen LogP contribution in [0.1, 0.15) is 44.7 Å². The molecule has 0 unspecified atom stereocenters. The highest BCUT2D eigenvalue weighted by molar-refractivity contribution is 7.89. The Hall–Kier alpha value is -1.47. The molecular formula is C18H27N3O3S. The fourth-order valence-electron chi connectivity index (χ4n) is 4.38. The SMILES string of the molecule is CCN1[C@@H]2CCCC[C@@]2(C(=O)NCCc2ccccn2)CCS1(=O)=O. The normalized spacial score (nSPS) is 28.9. The van der Waals surface area contributed by atoms with Crippen LogP contribution in [0.4, 0.5) is 0 Å². The summed E-state index contributed by atoms with van der Waals surface area (Å²) in [6.45, 7) is 2.83. The van der Waals surface area contributed by atoms with E-state index in [1.54, 1.807) is 10.5 Å². The van der Waals surface area contributed by atoms with Crippen LogP contribution in [0.3, 0.4) is 0 Å². The first-order valence-electron chi connectivity index (χ1n) is 9.17. The van der Waals surface area contributed by atoms with E-state index in [0.29, 0.717) is 25.9 Å². The van der Waals surface area contributed by atoms with Crippen molar-refractivity contribution in [3.63, 3.8) is 0 Å². The maximum Gasteiger partial charge on any atom is 0.227 e. The fourth-order valence-corrected chi connectivity index (χ4v) is 6.32. The molecule has 1 aliphatic carbocycles. The standard InChI is InChI=1S/C18H27N3O3S/c1-2-21-16-8-3-5-10-18(16,11-14-25(21,23)24)17(22)20-13-9-15-7-4-6-12-19-15/h4,6-7,12,16H,2-3,5,8-11,13-14H2,1H3,(H,20,22)/t16-,18-/m1/s1. The van der Waals surface area contributed by atoms with Crippen LogP contribution in [-0.2, 0) is 21.2 Å². The second kappa shape index (κ2) is 7.41. The van der Waals surface area contributed by atoms with Gasteiger partial charge in [0.1, 0.15) is 0 Å². The van der Waals surface area contributed by atoms with E-state index >= 15 is 0 Å². The van der Waals surface area contributed by atoms with Crippen molar-refractivity contribution < 1.29 is 13.2 Å². The quantitative estimate of drug-likeness (QED) is 0.862. The summed E-state index contributed by atoms with van der Waals surface area (Å²) in [5, 5.41) is 3.06. The van der Waals surface area contributed by atoms with Gasteiger partial charge in [0.15, 0.2) is 0 Å². The zero-order valence-corrected chi connectivity index (χ0v) is 15.6. The van der Waals surface area contributed by atoms with E-state index in [1.165, 1.54) is 0 Å². The number of nitrogens with zero attached hydrogens (tertiary/aromatic N) is 2. The minimum Gasteiger partial charge on any atom is -0.355 e. The number of hydrogen-bond acceptors (Lipinski definition) is 4. The van der Waals surface area contributed by atoms with Gasteiger partial charge in [0, 0.05) is 37.4 Å². The van der Waals surface area contributed by atoms with Crippen LogP contribution in [0.5, 0.6) is 0 Å². The highest BCUT2D eigenvalue weighted by Gasteiger charge is 2.54. The summed E-state index contributed by atoms with van der Waals surface area (Å²) in [6.07, 6.45) is 6.40. The van der Waals surface area contributed by atoms with Crippen molar-refractivity contribution in [2.75, 3.05) is 18.8 Å². The van der Waals surface area contributed by atoms with E-state index in [9.17, 15) is 13.2 Å². The number of amides is 1. The predicted octanol–water partition coefficient (Wildman–Crippen LogP) is 1.72. The Morgan fingerprint density at radius 1 is 1.36 bits per heavy atom. The molecule has 2 heterocycles. The largest absolute Gasteiger partial charge is 0.355 e. The van der Waals surface area contributed by atoms with Gasteiger partial charge in [0.05, 0.1) is 11.2 Å². The zero-order valence-electron chi connectivity index (χ0n) is 14.8. The van der Waals surface area contributed by atoms with Crippen molar-refractivity contribution in [2.24, 2.45) is 5.41 Å². The Balaban J connectivity index is 1.72. The van der Waals surface area contributed by atoms with Gasteiger partial charge in [0.2, 0.25) is 15.9 Å². The van der Waals surface area contributed by atoms with Crippen LogP contribution < -0.4 is 5.32 Å². The average Bonchev–Trinajstić information content (AvgIpc) is 2.62. The highest BCUT2D eigenvalue weighted by atomic mass is 32.2. The van der Waals surface area contributed by atoms with Gasteiger partial charge in [-0.25, -0.2) is 8.42 Å². The lowest BCUT2D eigenvalue weighted by molar-refractivity contribution is -0.137. The van der Waals surface area contributed by atoms with Crippen molar-refractivity contribution >= 4 is 15.9 Å². The van der Waals surface area contributed by atoms with Gasteiger partial charge in [-0.1, -0.05) is 25.8 Å². The summed E-state index contributed by atoms with van der Waals surface area (Å²) in [7, 11) is -3.24. The predicted molar refractivity (Wildman–Crippen MR) is 96.4 cm³/mol. The Morgan fingerprint density at radius 2 is 2.20 bits per heavy atom. The maximum absolute atomic E-state index is 13.1. The Bertz CT molecular complexity index is 708. The summed E-state index contributed by atoms with van der Waals surface area (Å²) in [6, 6.07) is 5.56. The van der Waals surface area contributed by atoms with Gasteiger partial charge >= 0.3 is 0 Å². The molecule has 2 fully saturated rings. The molecule has 0 aromatic carbocycles. The van der Waals surface area contributed by atoms with E-state index < -0.39 is 15.4 Å². The fraction of sp³-hybridized carbons (Fsp3) is 0.667. The highest BCUT2D eigenvalue weighted by Crippen LogP contribution is 2.46. The molecule has 1 amide bonds. The van der Waals surface area contributed by atoms with Crippen LogP contribution in [0.2, 0.25) is 0 Å². The van der Waals surface area contributed by atoms with Gasteiger partial charge in [-0.15, -0.1) is 0 Å². The molecule has 2 atom stereocenters. The minimum atomic E-state index is -3.24. The number of rotatable bonds is 5. The van der Waals surface area contributed by atoms with Crippen LogP contribution in [0, 0.1) is 5.41 Å². The summed E-state index contributed by atoms with van der Waals surface area (Å²) < 4.78 is 26.4. The Labute approximate surface area is 150 Å². The maximum atomic E-state index is 13.1. The molecule has 0 bridgehead atoms. The zero-order chi connectivity index (χ0) is 17.9. The van der Waals surface area contributed by atoms with Crippen LogP contribution in [-0.4, -0.2) is 48.5 Å². The molecule has 1 aromatic rings. The van der Waals surface area contributed by atoms with E-state index in [-0.39, 0.29) is 17.7 Å². The topological polar surface area (TPSA) is 79.4 Å². The lowest BCUT2D eigenvalue weighted by Gasteiger charge is -2.50. The molecule has 0 spiro atoms. The number of pyridine rings is 1. The summed E-state index contributed by atoms with van der Waals surface area (Å²) in [5.41, 5.74) is 0.380. The molecule has 25 heavy (non-hydrogen) atoms. The van der Waals surface area contributed by atoms with Crippen molar-refractivity contribution in [3.8, 4) is 0 Å². The number of fused-ring (bicyclic) bond motifs is 1. The van der Waals surface area contributed by atoms with Crippen LogP contribution >= 0.6 is 0 Å². The molecule has 1 aliphatic heterocycles. The summed E-state index contributed by atoms with van der Waals surface area (Å²) in [5.74, 6) is 0.0897. The van der Waals surface area contributed by atoms with Gasteiger partial charge in [-0.3, -0.25) is 9.78 Å². The van der Waals surface area contributed by atoms with Crippen LogP contribution in [0.25, 0.3) is 0 Å². The molecule has 3 rings (SSSR count). The smallest absolute Gasteiger partial charge is 0.227 e. The number of sulfonamides is 1. The molecule has 1 N–H and O–H groups in total. The molecule has 6 nitrogen and oxygen atoms in total. The van der Waals surface area contributed by atoms with E-state index in [2.05, 4.69) is 10.3 Å². The molecule has 7 heteroatoms. The van der Waals surface area contributed by atoms with Crippen molar-refractivity contribution in [2.45, 2.75) is 51.5 Å². The number of carbonyl (C=O) groups is 1. The number of aromatic nitrogens is 1. The first kappa shape index (κ1) is 18.3. The number of carbonyl (C=O) groups excluding carboxylic acids is 1. The molecule has 1 saturated heterocycles. The molecule has 138 valence electrons. The molecule has 2 aliphatic rings. The second-order valence-electron chi connectivity index (χ2n) is 7.01. The first-order valence-corrected chi connectivity index (χ1v) is 10.8. The third-order valence-corrected chi connectivity index (χ3v) is 7.60. The lowest BCUT2D eigenvalue weighted by Crippen LogP contribution is -2.62. The van der Waals surface area contributed by atoms with Crippen molar-refractivity contribution in [1.82, 2.24) is 14.6 Å².